The van der Waals surface area contributed by atoms with Gasteiger partial charge >= 0.3 is 5.97 Å². The summed E-state index contributed by atoms with van der Waals surface area (Å²) in [6, 6.07) is 7.96. The third-order valence-electron chi connectivity index (χ3n) is 3.62. The molecule has 0 fully saturated rings. The molecule has 0 radical (unpaired) electrons. The maximum Gasteiger partial charge on any atom is 0.303 e. The zero-order valence-electron chi connectivity index (χ0n) is 11.5. The highest BCUT2D eigenvalue weighted by Crippen LogP contribution is 2.39. The van der Waals surface area contributed by atoms with Crippen LogP contribution in [0, 0.1) is 5.92 Å². The topological polar surface area (TPSA) is 66.4 Å². The number of hydrogen-bond acceptors (Lipinski definition) is 3. The first-order valence-electron chi connectivity index (χ1n) is 6.83. The number of rotatable bonds is 6. The molecule has 1 aliphatic rings. The van der Waals surface area contributed by atoms with Gasteiger partial charge in [-0.3, -0.25) is 9.59 Å². The summed E-state index contributed by atoms with van der Waals surface area (Å²) in [5, 5.41) is 11.7. The van der Waals surface area contributed by atoms with Crippen LogP contribution in [0.5, 0.6) is 0 Å². The van der Waals surface area contributed by atoms with E-state index in [0.717, 1.165) is 17.7 Å². The van der Waals surface area contributed by atoms with Crippen LogP contribution >= 0.6 is 11.8 Å². The van der Waals surface area contributed by atoms with Crippen molar-refractivity contribution < 1.29 is 14.7 Å². The monoisotopic (exact) mass is 293 g/mol. The molecular formula is C15H19NO3S. The Balaban J connectivity index is 1.91. The highest BCUT2D eigenvalue weighted by Gasteiger charge is 2.29. The molecule has 2 N–H and O–H groups in total. The van der Waals surface area contributed by atoms with Crippen LogP contribution in [-0.4, -0.2) is 29.3 Å². The van der Waals surface area contributed by atoms with Gasteiger partial charge in [-0.2, -0.15) is 0 Å². The lowest BCUT2D eigenvalue weighted by atomic mass is 9.99. The first-order chi connectivity index (χ1) is 9.61. The van der Waals surface area contributed by atoms with Crippen molar-refractivity contribution in [2.45, 2.75) is 30.6 Å². The molecule has 1 aliphatic heterocycles. The molecule has 0 aromatic heterocycles. The van der Waals surface area contributed by atoms with Gasteiger partial charge in [0.15, 0.2) is 0 Å². The van der Waals surface area contributed by atoms with Crippen molar-refractivity contribution in [2.24, 2.45) is 5.92 Å². The number of fused-ring (bicyclic) bond motifs is 1. The van der Waals surface area contributed by atoms with E-state index >= 15 is 0 Å². The predicted octanol–water partition coefficient (Wildman–Crippen LogP) is 2.49. The SMILES string of the molecule is CCC(CNC(=O)C1CSc2ccccc21)CC(=O)O. The number of carboxylic acid groups (broad SMARTS) is 1. The van der Waals surface area contributed by atoms with Crippen LogP contribution in [0.4, 0.5) is 0 Å². The molecule has 1 heterocycles. The van der Waals surface area contributed by atoms with E-state index in [-0.39, 0.29) is 24.2 Å². The molecule has 1 aromatic rings. The summed E-state index contributed by atoms with van der Waals surface area (Å²) in [6.45, 7) is 2.38. The summed E-state index contributed by atoms with van der Waals surface area (Å²) >= 11 is 1.70. The van der Waals surface area contributed by atoms with Crippen LogP contribution in [0.25, 0.3) is 0 Å². The van der Waals surface area contributed by atoms with E-state index in [0.29, 0.717) is 6.54 Å². The van der Waals surface area contributed by atoms with E-state index in [2.05, 4.69) is 5.32 Å². The fraction of sp³-hybridized carbons (Fsp3) is 0.467. The number of nitrogens with one attached hydrogen (secondary N) is 1. The Bertz CT molecular complexity index is 504. The number of thioether (sulfide) groups is 1. The Morgan fingerprint density at radius 1 is 1.45 bits per heavy atom. The number of carboxylic acids is 1. The number of carbonyl (C=O) groups excluding carboxylic acids is 1. The van der Waals surface area contributed by atoms with E-state index < -0.39 is 5.97 Å². The van der Waals surface area contributed by atoms with E-state index in [1.807, 2.05) is 31.2 Å². The van der Waals surface area contributed by atoms with Gasteiger partial charge in [0.05, 0.1) is 5.92 Å². The van der Waals surface area contributed by atoms with Crippen molar-refractivity contribution in [1.29, 1.82) is 0 Å². The number of carbonyl (C=O) groups is 2. The number of benzene rings is 1. The Hall–Kier alpha value is -1.49. The summed E-state index contributed by atoms with van der Waals surface area (Å²) in [5.74, 6) is -0.153. The van der Waals surface area contributed by atoms with Gasteiger partial charge in [0.2, 0.25) is 5.91 Å². The molecule has 0 aliphatic carbocycles. The largest absolute Gasteiger partial charge is 0.481 e. The van der Waals surface area contributed by atoms with Gasteiger partial charge in [-0.05, 0) is 17.5 Å². The summed E-state index contributed by atoms with van der Waals surface area (Å²) in [5.41, 5.74) is 1.08. The molecule has 0 saturated carbocycles. The molecule has 2 atom stereocenters. The first-order valence-corrected chi connectivity index (χ1v) is 7.81. The fourth-order valence-corrected chi connectivity index (χ4v) is 3.58. The molecule has 1 aromatic carbocycles. The minimum atomic E-state index is -0.812. The zero-order chi connectivity index (χ0) is 14.5. The standard InChI is InChI=1S/C15H19NO3S/c1-2-10(7-14(17)18)8-16-15(19)12-9-20-13-6-4-3-5-11(12)13/h3-6,10,12H,2,7-9H2,1H3,(H,16,19)(H,17,18). The van der Waals surface area contributed by atoms with Crippen molar-refractivity contribution >= 4 is 23.6 Å². The molecule has 108 valence electrons. The van der Waals surface area contributed by atoms with Gasteiger partial charge in [-0.15, -0.1) is 11.8 Å². The molecule has 5 heteroatoms. The Morgan fingerprint density at radius 3 is 2.90 bits per heavy atom. The average Bonchev–Trinajstić information content (AvgIpc) is 2.86. The predicted molar refractivity (Wildman–Crippen MR) is 79.0 cm³/mol. The third-order valence-corrected chi connectivity index (χ3v) is 4.80. The van der Waals surface area contributed by atoms with Crippen LogP contribution in [-0.2, 0) is 9.59 Å². The van der Waals surface area contributed by atoms with Crippen molar-refractivity contribution in [2.75, 3.05) is 12.3 Å². The molecule has 2 rings (SSSR count). The molecule has 0 saturated heterocycles. The molecule has 0 spiro atoms. The minimum absolute atomic E-state index is 0.000694. The van der Waals surface area contributed by atoms with Crippen molar-refractivity contribution in [1.82, 2.24) is 5.32 Å². The van der Waals surface area contributed by atoms with Gasteiger partial charge in [0, 0.05) is 23.6 Å². The maximum absolute atomic E-state index is 12.2. The summed E-state index contributed by atoms with van der Waals surface area (Å²) < 4.78 is 0. The van der Waals surface area contributed by atoms with E-state index in [9.17, 15) is 9.59 Å². The van der Waals surface area contributed by atoms with Gasteiger partial charge in [0.1, 0.15) is 0 Å². The minimum Gasteiger partial charge on any atom is -0.481 e. The van der Waals surface area contributed by atoms with Crippen molar-refractivity contribution in [3.05, 3.63) is 29.8 Å². The Morgan fingerprint density at radius 2 is 2.20 bits per heavy atom. The second kappa shape index (κ2) is 6.79. The fourth-order valence-electron chi connectivity index (χ4n) is 2.36. The van der Waals surface area contributed by atoms with E-state index in [1.165, 1.54) is 4.90 Å². The van der Waals surface area contributed by atoms with Crippen LogP contribution < -0.4 is 5.32 Å². The lowest BCUT2D eigenvalue weighted by Gasteiger charge is -2.16. The number of amides is 1. The van der Waals surface area contributed by atoms with Gasteiger partial charge in [-0.1, -0.05) is 31.5 Å². The number of hydrogen-bond donors (Lipinski definition) is 2. The van der Waals surface area contributed by atoms with E-state index in [1.54, 1.807) is 11.8 Å². The average molecular weight is 293 g/mol. The van der Waals surface area contributed by atoms with Crippen LogP contribution in [0.2, 0.25) is 0 Å². The molecule has 0 bridgehead atoms. The van der Waals surface area contributed by atoms with Crippen LogP contribution in [0.1, 0.15) is 31.2 Å². The van der Waals surface area contributed by atoms with Crippen LogP contribution in [0.3, 0.4) is 0 Å². The van der Waals surface area contributed by atoms with Crippen LogP contribution in [0.15, 0.2) is 29.2 Å². The molecular weight excluding hydrogens is 274 g/mol. The zero-order valence-corrected chi connectivity index (χ0v) is 12.3. The highest BCUT2D eigenvalue weighted by molar-refractivity contribution is 7.99. The van der Waals surface area contributed by atoms with E-state index in [4.69, 9.17) is 5.11 Å². The van der Waals surface area contributed by atoms with Gasteiger partial charge in [-0.25, -0.2) is 0 Å². The quantitative estimate of drug-likeness (QED) is 0.845. The Kier molecular flexibility index (Phi) is 5.06. The molecule has 1 amide bonds. The van der Waals surface area contributed by atoms with Gasteiger partial charge < -0.3 is 10.4 Å². The normalized spacial score (nSPS) is 18.4. The maximum atomic E-state index is 12.2. The lowest BCUT2D eigenvalue weighted by Crippen LogP contribution is -2.34. The highest BCUT2D eigenvalue weighted by atomic mass is 32.2. The summed E-state index contributed by atoms with van der Waals surface area (Å²) in [6.07, 6.45) is 0.857. The summed E-state index contributed by atoms with van der Waals surface area (Å²) in [4.78, 5) is 24.1. The van der Waals surface area contributed by atoms with Crippen molar-refractivity contribution in [3.8, 4) is 0 Å². The molecule has 4 nitrogen and oxygen atoms in total. The molecule has 2 unspecified atom stereocenters. The van der Waals surface area contributed by atoms with Gasteiger partial charge in [0.25, 0.3) is 0 Å². The Labute approximate surface area is 123 Å². The second-order valence-corrected chi connectivity index (χ2v) is 6.08. The van der Waals surface area contributed by atoms with Crippen molar-refractivity contribution in [3.63, 3.8) is 0 Å². The third kappa shape index (κ3) is 3.54. The molecule has 20 heavy (non-hydrogen) atoms. The second-order valence-electron chi connectivity index (χ2n) is 5.02. The smallest absolute Gasteiger partial charge is 0.303 e. The number of aliphatic carboxylic acids is 1. The summed E-state index contributed by atoms with van der Waals surface area (Å²) in [7, 11) is 0. The first kappa shape index (κ1) is 14.9. The lowest BCUT2D eigenvalue weighted by molar-refractivity contribution is -0.138.